The Bertz CT molecular complexity index is 394. The average Bonchev–Trinajstić information content (AvgIpc) is 2.17. The van der Waals surface area contributed by atoms with Crippen LogP contribution in [0, 0.1) is 5.41 Å². The first-order chi connectivity index (χ1) is 7.29. The molecule has 0 spiro atoms. The first-order valence-corrected chi connectivity index (χ1v) is 5.16. The zero-order valence-corrected chi connectivity index (χ0v) is 9.87. The quantitative estimate of drug-likeness (QED) is 0.527. The summed E-state index contributed by atoms with van der Waals surface area (Å²) in [6, 6.07) is 4.34. The third-order valence-electron chi connectivity index (χ3n) is 2.06. The number of carbonyl (C=O) groups excluding carboxylic acids is 1. The molecular weight excluding hydrogens is 204 g/mol. The van der Waals surface area contributed by atoms with Gasteiger partial charge in [-0.25, -0.2) is 0 Å². The molecule has 0 aliphatic carbocycles. The number of rotatable bonds is 2. The van der Waals surface area contributed by atoms with E-state index < -0.39 is 0 Å². The number of phenols is 1. The molecule has 0 heterocycles. The van der Waals surface area contributed by atoms with E-state index in [0.29, 0.717) is 17.8 Å². The number of nitrogens with two attached hydrogens (primary N) is 1. The number of benzene rings is 1. The van der Waals surface area contributed by atoms with E-state index >= 15 is 0 Å². The van der Waals surface area contributed by atoms with Crippen LogP contribution in [-0.4, -0.2) is 17.6 Å². The topological polar surface area (TPSA) is 75.3 Å². The Morgan fingerprint density at radius 2 is 2.06 bits per heavy atom. The molecule has 0 radical (unpaired) electrons. The molecule has 0 aliphatic heterocycles. The van der Waals surface area contributed by atoms with Gasteiger partial charge in [0, 0.05) is 12.2 Å². The van der Waals surface area contributed by atoms with E-state index in [9.17, 15) is 9.90 Å². The summed E-state index contributed by atoms with van der Waals surface area (Å²) in [5, 5.41) is 12.1. The van der Waals surface area contributed by atoms with Crippen molar-refractivity contribution in [2.45, 2.75) is 20.8 Å². The fourth-order valence-corrected chi connectivity index (χ4v) is 1.18. The van der Waals surface area contributed by atoms with Crippen LogP contribution >= 0.6 is 0 Å². The van der Waals surface area contributed by atoms with Crippen LogP contribution < -0.4 is 11.1 Å². The van der Waals surface area contributed by atoms with Gasteiger partial charge in [-0.2, -0.15) is 0 Å². The average molecular weight is 222 g/mol. The second-order valence-corrected chi connectivity index (χ2v) is 5.01. The SMILES string of the molecule is CC(C)(C)CNC(=O)c1cc(O)ccc1N. The zero-order valence-electron chi connectivity index (χ0n) is 9.87. The van der Waals surface area contributed by atoms with Gasteiger partial charge in [0.2, 0.25) is 0 Å². The van der Waals surface area contributed by atoms with E-state index in [1.165, 1.54) is 18.2 Å². The molecule has 1 aromatic rings. The summed E-state index contributed by atoms with van der Waals surface area (Å²) in [7, 11) is 0. The first-order valence-electron chi connectivity index (χ1n) is 5.16. The van der Waals surface area contributed by atoms with Crippen LogP contribution in [0.15, 0.2) is 18.2 Å². The monoisotopic (exact) mass is 222 g/mol. The molecule has 0 aromatic heterocycles. The summed E-state index contributed by atoms with van der Waals surface area (Å²) in [6.07, 6.45) is 0. The Balaban J connectivity index is 2.77. The van der Waals surface area contributed by atoms with Crippen molar-refractivity contribution in [2.24, 2.45) is 5.41 Å². The molecule has 0 atom stereocenters. The van der Waals surface area contributed by atoms with Crippen molar-refractivity contribution in [3.63, 3.8) is 0 Å². The third-order valence-corrected chi connectivity index (χ3v) is 2.06. The molecule has 4 nitrogen and oxygen atoms in total. The van der Waals surface area contributed by atoms with Gasteiger partial charge >= 0.3 is 0 Å². The van der Waals surface area contributed by atoms with Crippen LogP contribution in [0.5, 0.6) is 5.75 Å². The minimum absolute atomic E-state index is 0.0151. The predicted molar refractivity (Wildman–Crippen MR) is 64.3 cm³/mol. The number of aromatic hydroxyl groups is 1. The minimum Gasteiger partial charge on any atom is -0.508 e. The molecule has 0 aliphatic rings. The van der Waals surface area contributed by atoms with Crippen molar-refractivity contribution in [2.75, 3.05) is 12.3 Å². The Morgan fingerprint density at radius 3 is 2.62 bits per heavy atom. The minimum atomic E-state index is -0.261. The summed E-state index contributed by atoms with van der Waals surface area (Å²) in [5.41, 5.74) is 6.35. The third kappa shape index (κ3) is 3.46. The number of anilines is 1. The lowest BCUT2D eigenvalue weighted by molar-refractivity contribution is 0.0940. The summed E-state index contributed by atoms with van der Waals surface area (Å²) in [6.45, 7) is 6.64. The summed E-state index contributed by atoms with van der Waals surface area (Å²) < 4.78 is 0. The fraction of sp³-hybridized carbons (Fsp3) is 0.417. The summed E-state index contributed by atoms with van der Waals surface area (Å²) in [5.74, 6) is -0.224. The molecule has 0 bridgehead atoms. The van der Waals surface area contributed by atoms with E-state index in [1.54, 1.807) is 0 Å². The van der Waals surface area contributed by atoms with Gasteiger partial charge < -0.3 is 16.2 Å². The molecule has 16 heavy (non-hydrogen) atoms. The van der Waals surface area contributed by atoms with Crippen molar-refractivity contribution in [3.05, 3.63) is 23.8 Å². The molecule has 4 heteroatoms. The molecule has 1 aromatic carbocycles. The number of carbonyl (C=O) groups is 1. The summed E-state index contributed by atoms with van der Waals surface area (Å²) in [4.78, 5) is 11.8. The lowest BCUT2D eigenvalue weighted by Crippen LogP contribution is -2.32. The smallest absolute Gasteiger partial charge is 0.253 e. The van der Waals surface area contributed by atoms with Gasteiger partial charge in [0.25, 0.3) is 5.91 Å². The van der Waals surface area contributed by atoms with Crippen molar-refractivity contribution in [3.8, 4) is 5.75 Å². The molecule has 1 rings (SSSR count). The van der Waals surface area contributed by atoms with Crippen molar-refractivity contribution in [1.29, 1.82) is 0 Å². The highest BCUT2D eigenvalue weighted by atomic mass is 16.3. The van der Waals surface area contributed by atoms with Crippen LogP contribution in [0.3, 0.4) is 0 Å². The molecule has 1 amide bonds. The molecule has 4 N–H and O–H groups in total. The highest BCUT2D eigenvalue weighted by molar-refractivity contribution is 5.99. The van der Waals surface area contributed by atoms with E-state index in [4.69, 9.17) is 5.73 Å². The predicted octanol–water partition coefficient (Wildman–Crippen LogP) is 1.75. The maximum Gasteiger partial charge on any atom is 0.253 e. The van der Waals surface area contributed by atoms with Crippen molar-refractivity contribution < 1.29 is 9.90 Å². The summed E-state index contributed by atoms with van der Waals surface area (Å²) >= 11 is 0. The van der Waals surface area contributed by atoms with Gasteiger partial charge in [-0.15, -0.1) is 0 Å². The largest absolute Gasteiger partial charge is 0.508 e. The van der Waals surface area contributed by atoms with Crippen LogP contribution in [0.1, 0.15) is 31.1 Å². The lowest BCUT2D eigenvalue weighted by Gasteiger charge is -2.19. The molecule has 0 unspecified atom stereocenters. The second kappa shape index (κ2) is 4.43. The van der Waals surface area contributed by atoms with E-state index in [0.717, 1.165) is 0 Å². The van der Waals surface area contributed by atoms with E-state index in [-0.39, 0.29) is 17.1 Å². The van der Waals surface area contributed by atoms with Crippen LogP contribution in [-0.2, 0) is 0 Å². The Kier molecular flexibility index (Phi) is 3.42. The molecule has 0 fully saturated rings. The maximum absolute atomic E-state index is 11.8. The fourth-order valence-electron chi connectivity index (χ4n) is 1.18. The van der Waals surface area contributed by atoms with Crippen LogP contribution in [0.2, 0.25) is 0 Å². The van der Waals surface area contributed by atoms with Gasteiger partial charge in [-0.05, 0) is 23.6 Å². The number of hydrogen-bond donors (Lipinski definition) is 3. The highest BCUT2D eigenvalue weighted by Gasteiger charge is 2.15. The number of hydrogen-bond acceptors (Lipinski definition) is 3. The van der Waals surface area contributed by atoms with Crippen LogP contribution in [0.25, 0.3) is 0 Å². The number of amides is 1. The molecule has 88 valence electrons. The molecular formula is C12H18N2O2. The standard InChI is InChI=1S/C12H18N2O2/c1-12(2,3)7-14-11(16)9-6-8(15)4-5-10(9)13/h4-6,15H,7,13H2,1-3H3,(H,14,16). The molecule has 0 saturated carbocycles. The Labute approximate surface area is 95.5 Å². The van der Waals surface area contributed by atoms with Gasteiger partial charge in [0.05, 0.1) is 5.56 Å². The highest BCUT2D eigenvalue weighted by Crippen LogP contribution is 2.18. The second-order valence-electron chi connectivity index (χ2n) is 5.01. The van der Waals surface area contributed by atoms with Gasteiger partial charge in [-0.1, -0.05) is 20.8 Å². The maximum atomic E-state index is 11.8. The number of nitrogens with one attached hydrogen (secondary N) is 1. The normalized spacial score (nSPS) is 11.2. The zero-order chi connectivity index (χ0) is 12.3. The van der Waals surface area contributed by atoms with Gasteiger partial charge in [0.1, 0.15) is 5.75 Å². The Hall–Kier alpha value is -1.71. The number of nitrogen functional groups attached to an aromatic ring is 1. The lowest BCUT2D eigenvalue weighted by atomic mass is 9.97. The van der Waals surface area contributed by atoms with Crippen molar-refractivity contribution in [1.82, 2.24) is 5.32 Å². The van der Waals surface area contributed by atoms with E-state index in [2.05, 4.69) is 5.32 Å². The van der Waals surface area contributed by atoms with Crippen LogP contribution in [0.4, 0.5) is 5.69 Å². The number of phenolic OH excluding ortho intramolecular Hbond substituents is 1. The first kappa shape index (κ1) is 12.4. The van der Waals surface area contributed by atoms with Crippen molar-refractivity contribution >= 4 is 11.6 Å². The Morgan fingerprint density at radius 1 is 1.44 bits per heavy atom. The van der Waals surface area contributed by atoms with Gasteiger partial charge in [-0.3, -0.25) is 4.79 Å². The molecule has 0 saturated heterocycles. The van der Waals surface area contributed by atoms with Gasteiger partial charge in [0.15, 0.2) is 0 Å². The van der Waals surface area contributed by atoms with E-state index in [1.807, 2.05) is 20.8 Å².